The molecule has 5 nitrogen and oxygen atoms in total. The van der Waals surface area contributed by atoms with Crippen LogP contribution >= 0.6 is 0 Å². The van der Waals surface area contributed by atoms with Crippen LogP contribution in [0, 0.1) is 0 Å². The summed E-state index contributed by atoms with van der Waals surface area (Å²) in [6.45, 7) is 4.42. The zero-order chi connectivity index (χ0) is 11.0. The van der Waals surface area contributed by atoms with Gasteiger partial charge in [0.25, 0.3) is 0 Å². The number of aliphatic hydroxyl groups excluding tert-OH is 1. The van der Waals surface area contributed by atoms with Crippen LogP contribution in [0.4, 0.5) is 0 Å². The molecule has 0 bridgehead atoms. The molecule has 0 aliphatic heterocycles. The summed E-state index contributed by atoms with van der Waals surface area (Å²) >= 11 is 0. The van der Waals surface area contributed by atoms with Crippen molar-refractivity contribution < 1.29 is 24.1 Å². The molecular weight excluding hydrogens is 188 g/mol. The van der Waals surface area contributed by atoms with Crippen molar-refractivity contribution in [2.75, 3.05) is 20.3 Å². The molecule has 0 spiro atoms. The van der Waals surface area contributed by atoms with Gasteiger partial charge < -0.3 is 19.3 Å². The van der Waals surface area contributed by atoms with E-state index in [-0.39, 0.29) is 6.42 Å². The molecule has 0 aliphatic rings. The van der Waals surface area contributed by atoms with Gasteiger partial charge in [-0.1, -0.05) is 0 Å². The molecule has 1 N–H and O–H groups in total. The van der Waals surface area contributed by atoms with E-state index in [2.05, 4.69) is 4.74 Å². The Morgan fingerprint density at radius 3 is 2.14 bits per heavy atom. The van der Waals surface area contributed by atoms with Gasteiger partial charge in [0.2, 0.25) is 0 Å². The third kappa shape index (κ3) is 5.16. The lowest BCUT2D eigenvalue weighted by Gasteiger charge is -2.21. The van der Waals surface area contributed by atoms with Crippen LogP contribution in [0.5, 0.6) is 0 Å². The van der Waals surface area contributed by atoms with Gasteiger partial charge in [0, 0.05) is 13.2 Å². The van der Waals surface area contributed by atoms with Gasteiger partial charge >= 0.3 is 5.97 Å². The molecule has 84 valence electrons. The topological polar surface area (TPSA) is 65.0 Å². The molecule has 0 saturated carbocycles. The minimum Gasteiger partial charge on any atom is -0.469 e. The minimum atomic E-state index is -0.984. The summed E-state index contributed by atoms with van der Waals surface area (Å²) in [5.74, 6) is -0.484. The van der Waals surface area contributed by atoms with Crippen molar-refractivity contribution in [2.45, 2.75) is 32.7 Å². The first kappa shape index (κ1) is 13.4. The third-order valence-corrected chi connectivity index (χ3v) is 1.58. The molecule has 0 aromatic rings. The number of carbonyl (C=O) groups excluding carboxylic acids is 1. The third-order valence-electron chi connectivity index (χ3n) is 1.58. The first-order chi connectivity index (χ1) is 6.65. The fourth-order valence-corrected chi connectivity index (χ4v) is 0.949. The Labute approximate surface area is 84.0 Å². The van der Waals surface area contributed by atoms with E-state index in [1.807, 2.05) is 0 Å². The summed E-state index contributed by atoms with van der Waals surface area (Å²) in [6.07, 6.45) is -1.87. The van der Waals surface area contributed by atoms with Gasteiger partial charge in [0.05, 0.1) is 13.5 Å². The number of esters is 1. The van der Waals surface area contributed by atoms with Gasteiger partial charge in [-0.05, 0) is 13.8 Å². The van der Waals surface area contributed by atoms with Crippen LogP contribution in [0.3, 0.4) is 0 Å². The number of ether oxygens (including phenoxy) is 3. The Morgan fingerprint density at radius 2 is 1.79 bits per heavy atom. The molecule has 0 saturated heterocycles. The standard InChI is InChI=1S/C9H18O5/c1-4-13-9(14-5-2)7(10)6-8(11)12-3/h7,9-10H,4-6H2,1-3H3/t7-/m1/s1. The molecule has 14 heavy (non-hydrogen) atoms. The fourth-order valence-electron chi connectivity index (χ4n) is 0.949. The second-order valence-electron chi connectivity index (χ2n) is 2.63. The first-order valence-corrected chi connectivity index (χ1v) is 4.63. The van der Waals surface area contributed by atoms with Crippen molar-refractivity contribution in [3.05, 3.63) is 0 Å². The minimum absolute atomic E-state index is 0.124. The number of methoxy groups -OCH3 is 1. The summed E-state index contributed by atoms with van der Waals surface area (Å²) in [4.78, 5) is 10.8. The molecule has 0 heterocycles. The molecule has 0 aliphatic carbocycles. The van der Waals surface area contributed by atoms with Crippen molar-refractivity contribution in [3.63, 3.8) is 0 Å². The van der Waals surface area contributed by atoms with Crippen molar-refractivity contribution in [2.24, 2.45) is 0 Å². The second-order valence-corrected chi connectivity index (χ2v) is 2.63. The number of carbonyl (C=O) groups is 1. The lowest BCUT2D eigenvalue weighted by molar-refractivity contribution is -0.194. The van der Waals surface area contributed by atoms with Crippen LogP contribution in [0.2, 0.25) is 0 Å². The Balaban J connectivity index is 3.99. The largest absolute Gasteiger partial charge is 0.469 e. The smallest absolute Gasteiger partial charge is 0.308 e. The SMILES string of the molecule is CCOC(OCC)[C@H](O)CC(=O)OC. The van der Waals surface area contributed by atoms with E-state index in [0.717, 1.165) is 0 Å². The van der Waals surface area contributed by atoms with Gasteiger partial charge in [-0.15, -0.1) is 0 Å². The summed E-state index contributed by atoms with van der Waals surface area (Å²) in [6, 6.07) is 0. The Kier molecular flexibility index (Phi) is 7.37. The average molecular weight is 206 g/mol. The van der Waals surface area contributed by atoms with E-state index in [9.17, 15) is 9.90 Å². The maximum Gasteiger partial charge on any atom is 0.308 e. The van der Waals surface area contributed by atoms with Crippen molar-refractivity contribution >= 4 is 5.97 Å². The molecule has 0 amide bonds. The Hall–Kier alpha value is -0.650. The Morgan fingerprint density at radius 1 is 1.29 bits per heavy atom. The molecule has 0 aromatic carbocycles. The van der Waals surface area contributed by atoms with E-state index in [0.29, 0.717) is 13.2 Å². The van der Waals surface area contributed by atoms with Crippen LogP contribution in [0.15, 0.2) is 0 Å². The van der Waals surface area contributed by atoms with E-state index in [1.165, 1.54) is 7.11 Å². The number of aliphatic hydroxyl groups is 1. The predicted molar refractivity (Wildman–Crippen MR) is 49.7 cm³/mol. The molecular formula is C9H18O5. The van der Waals surface area contributed by atoms with Gasteiger partial charge in [-0.25, -0.2) is 0 Å². The van der Waals surface area contributed by atoms with E-state index in [4.69, 9.17) is 9.47 Å². The normalized spacial score (nSPS) is 12.9. The highest BCUT2D eigenvalue weighted by Gasteiger charge is 2.22. The van der Waals surface area contributed by atoms with Crippen LogP contribution in [-0.4, -0.2) is 43.8 Å². The highest BCUT2D eigenvalue weighted by Crippen LogP contribution is 2.06. The summed E-state index contributed by atoms with van der Waals surface area (Å²) in [5, 5.41) is 9.52. The fraction of sp³-hybridized carbons (Fsp3) is 0.889. The monoisotopic (exact) mass is 206 g/mol. The van der Waals surface area contributed by atoms with E-state index in [1.54, 1.807) is 13.8 Å². The van der Waals surface area contributed by atoms with E-state index < -0.39 is 18.4 Å². The van der Waals surface area contributed by atoms with Gasteiger partial charge in [-0.3, -0.25) is 4.79 Å². The zero-order valence-electron chi connectivity index (χ0n) is 8.86. The van der Waals surface area contributed by atoms with Crippen LogP contribution in [0.25, 0.3) is 0 Å². The highest BCUT2D eigenvalue weighted by molar-refractivity contribution is 5.69. The van der Waals surface area contributed by atoms with Gasteiger partial charge in [-0.2, -0.15) is 0 Å². The number of hydrogen-bond acceptors (Lipinski definition) is 5. The summed E-state index contributed by atoms with van der Waals surface area (Å²) < 4.78 is 14.6. The van der Waals surface area contributed by atoms with Crippen LogP contribution < -0.4 is 0 Å². The molecule has 0 fully saturated rings. The lowest BCUT2D eigenvalue weighted by atomic mass is 10.2. The quantitative estimate of drug-likeness (QED) is 0.479. The molecule has 0 radical (unpaired) electrons. The van der Waals surface area contributed by atoms with Gasteiger partial charge in [0.1, 0.15) is 6.10 Å². The molecule has 0 rings (SSSR count). The van der Waals surface area contributed by atoms with Crippen molar-refractivity contribution in [1.82, 2.24) is 0 Å². The predicted octanol–water partition coefficient (Wildman–Crippen LogP) is 0.309. The zero-order valence-corrected chi connectivity index (χ0v) is 8.86. The maximum absolute atomic E-state index is 10.8. The molecule has 0 unspecified atom stereocenters. The molecule has 5 heteroatoms. The number of hydrogen-bond donors (Lipinski definition) is 1. The molecule has 0 aromatic heterocycles. The van der Waals surface area contributed by atoms with Crippen LogP contribution in [0.1, 0.15) is 20.3 Å². The Bertz CT molecular complexity index is 153. The molecule has 1 atom stereocenters. The highest BCUT2D eigenvalue weighted by atomic mass is 16.7. The van der Waals surface area contributed by atoms with Crippen molar-refractivity contribution in [3.8, 4) is 0 Å². The summed E-state index contributed by atoms with van der Waals surface area (Å²) in [5.41, 5.74) is 0. The average Bonchev–Trinajstić information content (AvgIpc) is 2.17. The lowest BCUT2D eigenvalue weighted by Crippen LogP contribution is -2.34. The van der Waals surface area contributed by atoms with E-state index >= 15 is 0 Å². The van der Waals surface area contributed by atoms with Crippen LogP contribution in [-0.2, 0) is 19.0 Å². The number of rotatable bonds is 7. The summed E-state index contributed by atoms with van der Waals surface area (Å²) in [7, 11) is 1.27. The first-order valence-electron chi connectivity index (χ1n) is 4.63. The van der Waals surface area contributed by atoms with Gasteiger partial charge in [0.15, 0.2) is 6.29 Å². The maximum atomic E-state index is 10.8. The van der Waals surface area contributed by atoms with Crippen molar-refractivity contribution in [1.29, 1.82) is 0 Å². The second kappa shape index (κ2) is 7.73.